The highest BCUT2D eigenvalue weighted by molar-refractivity contribution is 5.27. The van der Waals surface area contributed by atoms with Crippen molar-refractivity contribution >= 4 is 0 Å². The van der Waals surface area contributed by atoms with Crippen molar-refractivity contribution in [2.24, 2.45) is 5.73 Å². The van der Waals surface area contributed by atoms with E-state index in [2.05, 4.69) is 9.84 Å². The van der Waals surface area contributed by atoms with Crippen molar-refractivity contribution < 1.29 is 17.9 Å². The highest BCUT2D eigenvalue weighted by atomic mass is 19.4. The Morgan fingerprint density at radius 2 is 1.95 bits per heavy atom. The van der Waals surface area contributed by atoms with Crippen LogP contribution in [-0.2, 0) is 30.5 Å². The fourth-order valence-corrected chi connectivity index (χ4v) is 2.26. The van der Waals surface area contributed by atoms with Gasteiger partial charge in [-0.15, -0.1) is 13.2 Å². The molecular weight excluding hydrogens is 271 g/mol. The Morgan fingerprint density at radius 3 is 2.40 bits per heavy atom. The molecule has 0 amide bonds. The van der Waals surface area contributed by atoms with Gasteiger partial charge in [-0.2, -0.15) is 5.10 Å². The van der Waals surface area contributed by atoms with Gasteiger partial charge < -0.3 is 5.73 Å². The van der Waals surface area contributed by atoms with Crippen molar-refractivity contribution in [2.45, 2.75) is 59.0 Å². The van der Waals surface area contributed by atoms with Gasteiger partial charge in [-0.05, 0) is 31.7 Å². The molecule has 1 aromatic rings. The lowest BCUT2D eigenvalue weighted by atomic mass is 10.0. The van der Waals surface area contributed by atoms with Gasteiger partial charge in [0.05, 0.1) is 18.8 Å². The number of halogens is 3. The van der Waals surface area contributed by atoms with E-state index in [9.17, 15) is 13.2 Å². The molecule has 116 valence electrons. The Bertz CT molecular complexity index is 427. The van der Waals surface area contributed by atoms with Crippen LogP contribution in [0.25, 0.3) is 0 Å². The highest BCUT2D eigenvalue weighted by Gasteiger charge is 2.29. The first-order valence-electron chi connectivity index (χ1n) is 6.82. The number of hydrogen-bond donors (Lipinski definition) is 1. The van der Waals surface area contributed by atoms with Crippen molar-refractivity contribution in [1.82, 2.24) is 9.78 Å². The Kier molecular flexibility index (Phi) is 6.01. The summed E-state index contributed by atoms with van der Waals surface area (Å²) in [5.41, 5.74) is 8.75. The molecule has 1 aromatic heterocycles. The minimum atomic E-state index is -4.60. The van der Waals surface area contributed by atoms with Crippen molar-refractivity contribution in [3.63, 3.8) is 0 Å². The largest absolute Gasteiger partial charge is 0.522 e. The standard InChI is InChI=1S/C13H22F3N3O/c1-4-11-10(8-9(3)17)12(5-2)19(18-11)6-7-20-13(14,15)16/h9H,4-8,17H2,1-3H3. The number of aromatic nitrogens is 2. The first-order valence-corrected chi connectivity index (χ1v) is 6.82. The third-order valence-corrected chi connectivity index (χ3v) is 3.01. The average molecular weight is 293 g/mol. The third-order valence-electron chi connectivity index (χ3n) is 3.01. The van der Waals surface area contributed by atoms with Crippen LogP contribution in [0.2, 0.25) is 0 Å². The van der Waals surface area contributed by atoms with E-state index in [0.717, 1.165) is 23.4 Å². The van der Waals surface area contributed by atoms with E-state index in [0.29, 0.717) is 12.8 Å². The predicted octanol–water partition coefficient (Wildman–Crippen LogP) is 2.43. The van der Waals surface area contributed by atoms with Crippen molar-refractivity contribution in [2.75, 3.05) is 6.61 Å². The summed E-state index contributed by atoms with van der Waals surface area (Å²) in [6, 6.07) is -0.00493. The van der Waals surface area contributed by atoms with Gasteiger partial charge in [0.1, 0.15) is 0 Å². The monoisotopic (exact) mass is 293 g/mol. The molecule has 1 rings (SSSR count). The Balaban J connectivity index is 2.87. The van der Waals surface area contributed by atoms with Gasteiger partial charge in [0.15, 0.2) is 0 Å². The molecule has 1 atom stereocenters. The second kappa shape index (κ2) is 7.08. The number of aryl methyl sites for hydroxylation is 1. The fourth-order valence-electron chi connectivity index (χ4n) is 2.26. The van der Waals surface area contributed by atoms with Gasteiger partial charge in [0.2, 0.25) is 0 Å². The number of nitrogens with two attached hydrogens (primary N) is 1. The topological polar surface area (TPSA) is 53.1 Å². The highest BCUT2D eigenvalue weighted by Crippen LogP contribution is 2.19. The molecule has 20 heavy (non-hydrogen) atoms. The lowest BCUT2D eigenvalue weighted by Crippen LogP contribution is -2.20. The van der Waals surface area contributed by atoms with Gasteiger partial charge in [0.25, 0.3) is 0 Å². The zero-order chi connectivity index (χ0) is 15.3. The van der Waals surface area contributed by atoms with Crippen molar-refractivity contribution in [1.29, 1.82) is 0 Å². The molecule has 0 aromatic carbocycles. The first-order chi connectivity index (χ1) is 9.28. The molecule has 0 saturated carbocycles. The van der Waals surface area contributed by atoms with E-state index in [1.54, 1.807) is 4.68 Å². The van der Waals surface area contributed by atoms with Gasteiger partial charge in [-0.25, -0.2) is 0 Å². The van der Waals surface area contributed by atoms with Crippen LogP contribution in [0.5, 0.6) is 0 Å². The van der Waals surface area contributed by atoms with Crippen molar-refractivity contribution in [3.05, 3.63) is 17.0 Å². The minimum absolute atomic E-state index is 0.00493. The Labute approximate surface area is 117 Å². The molecule has 1 unspecified atom stereocenters. The lowest BCUT2D eigenvalue weighted by Gasteiger charge is -2.11. The van der Waals surface area contributed by atoms with Crippen molar-refractivity contribution in [3.8, 4) is 0 Å². The van der Waals surface area contributed by atoms with Gasteiger partial charge in [-0.1, -0.05) is 13.8 Å². The second-order valence-corrected chi connectivity index (χ2v) is 4.78. The average Bonchev–Trinajstić information content (AvgIpc) is 2.64. The molecule has 1 heterocycles. The molecule has 0 aliphatic heterocycles. The molecule has 4 nitrogen and oxygen atoms in total. The van der Waals surface area contributed by atoms with Gasteiger partial charge in [-0.3, -0.25) is 9.42 Å². The molecule has 0 saturated heterocycles. The van der Waals surface area contributed by atoms with Crippen LogP contribution in [0.15, 0.2) is 0 Å². The molecular formula is C13H22F3N3O. The number of hydrogen-bond acceptors (Lipinski definition) is 3. The summed E-state index contributed by atoms with van der Waals surface area (Å²) in [4.78, 5) is 0. The molecule has 7 heteroatoms. The van der Waals surface area contributed by atoms with E-state index in [-0.39, 0.29) is 12.6 Å². The lowest BCUT2D eigenvalue weighted by molar-refractivity contribution is -0.325. The van der Waals surface area contributed by atoms with Crippen LogP contribution in [0, 0.1) is 0 Å². The van der Waals surface area contributed by atoms with Crippen LogP contribution in [-0.4, -0.2) is 28.8 Å². The van der Waals surface area contributed by atoms with E-state index in [1.807, 2.05) is 20.8 Å². The maximum absolute atomic E-state index is 12.0. The van der Waals surface area contributed by atoms with Crippen LogP contribution in [0.3, 0.4) is 0 Å². The molecule has 0 fully saturated rings. The maximum atomic E-state index is 12.0. The SMILES string of the molecule is CCc1nn(CCOC(F)(F)F)c(CC)c1CC(C)N. The second-order valence-electron chi connectivity index (χ2n) is 4.78. The summed E-state index contributed by atoms with van der Waals surface area (Å²) in [6.07, 6.45) is -2.46. The zero-order valence-electron chi connectivity index (χ0n) is 12.1. The molecule has 0 bridgehead atoms. The van der Waals surface area contributed by atoms with Crippen LogP contribution < -0.4 is 5.73 Å². The van der Waals surface area contributed by atoms with Crippen LogP contribution in [0.4, 0.5) is 13.2 Å². The van der Waals surface area contributed by atoms with E-state index >= 15 is 0 Å². The summed E-state index contributed by atoms with van der Waals surface area (Å²) < 4.78 is 41.4. The summed E-state index contributed by atoms with van der Waals surface area (Å²) in [5.74, 6) is 0. The smallest absolute Gasteiger partial charge is 0.328 e. The zero-order valence-corrected chi connectivity index (χ0v) is 12.1. The number of nitrogens with zero attached hydrogens (tertiary/aromatic N) is 2. The quantitative estimate of drug-likeness (QED) is 0.840. The summed E-state index contributed by atoms with van der Waals surface area (Å²) >= 11 is 0. The van der Waals surface area contributed by atoms with E-state index in [1.165, 1.54) is 0 Å². The minimum Gasteiger partial charge on any atom is -0.328 e. The summed E-state index contributed by atoms with van der Waals surface area (Å²) in [7, 11) is 0. The van der Waals surface area contributed by atoms with Crippen LogP contribution in [0.1, 0.15) is 37.7 Å². The molecule has 0 radical (unpaired) electrons. The summed E-state index contributed by atoms with van der Waals surface area (Å²) in [6.45, 7) is 5.50. The number of rotatable bonds is 7. The third kappa shape index (κ3) is 4.79. The molecule has 0 aliphatic rings. The maximum Gasteiger partial charge on any atom is 0.522 e. The Hall–Kier alpha value is -1.08. The summed E-state index contributed by atoms with van der Waals surface area (Å²) in [5, 5.41) is 4.39. The molecule has 2 N–H and O–H groups in total. The molecule has 0 aliphatic carbocycles. The molecule has 0 spiro atoms. The predicted molar refractivity (Wildman–Crippen MR) is 70.3 cm³/mol. The van der Waals surface area contributed by atoms with Gasteiger partial charge >= 0.3 is 6.36 Å². The number of ether oxygens (including phenoxy) is 1. The van der Waals surface area contributed by atoms with E-state index in [4.69, 9.17) is 5.73 Å². The van der Waals surface area contributed by atoms with E-state index < -0.39 is 13.0 Å². The number of alkyl halides is 3. The normalized spacial score (nSPS) is 13.8. The fraction of sp³-hybridized carbons (Fsp3) is 0.769. The Morgan fingerprint density at radius 1 is 1.30 bits per heavy atom. The van der Waals surface area contributed by atoms with Gasteiger partial charge in [0, 0.05) is 11.7 Å². The van der Waals surface area contributed by atoms with Crippen LogP contribution >= 0.6 is 0 Å². The first kappa shape index (κ1) is 17.0.